The van der Waals surface area contributed by atoms with Crippen LogP contribution in [0.25, 0.3) is 0 Å². The molecular formula is C18H26N2O. The van der Waals surface area contributed by atoms with Crippen molar-refractivity contribution in [1.82, 2.24) is 4.98 Å². The van der Waals surface area contributed by atoms with Gasteiger partial charge in [-0.25, -0.2) is 0 Å². The van der Waals surface area contributed by atoms with E-state index >= 15 is 0 Å². The van der Waals surface area contributed by atoms with Gasteiger partial charge >= 0.3 is 0 Å². The average Bonchev–Trinajstić information content (AvgIpc) is 2.57. The van der Waals surface area contributed by atoms with E-state index in [0.717, 1.165) is 6.29 Å². The fourth-order valence-electron chi connectivity index (χ4n) is 1.16. The zero-order chi connectivity index (χ0) is 15.9. The molecule has 0 spiro atoms. The molecule has 1 N–H and O–H groups in total. The molecule has 1 aromatic heterocycles. The molecule has 0 saturated heterocycles. The number of aryl methyl sites for hydroxylation is 1. The van der Waals surface area contributed by atoms with Gasteiger partial charge in [-0.3, -0.25) is 9.78 Å². The number of hydrogen-bond donors (Lipinski definition) is 1. The Morgan fingerprint density at radius 1 is 1.00 bits per heavy atom. The highest BCUT2D eigenvalue weighted by Gasteiger charge is 1.83. The van der Waals surface area contributed by atoms with Gasteiger partial charge in [-0.15, -0.1) is 0 Å². The van der Waals surface area contributed by atoms with Crippen LogP contribution in [0.1, 0.15) is 42.6 Å². The third-order valence-electron chi connectivity index (χ3n) is 2.68. The highest BCUT2D eigenvalue weighted by Crippen LogP contribution is 2.06. The van der Waals surface area contributed by atoms with E-state index in [4.69, 9.17) is 0 Å². The van der Waals surface area contributed by atoms with Crippen molar-refractivity contribution < 1.29 is 4.79 Å². The third kappa shape index (κ3) is 10.3. The summed E-state index contributed by atoms with van der Waals surface area (Å²) in [6.07, 6.45) is 6.61. The summed E-state index contributed by atoms with van der Waals surface area (Å²) in [6, 6.07) is 11.6. The highest BCUT2D eigenvalue weighted by molar-refractivity contribution is 5.73. The number of nitrogens with zero attached hydrogens (tertiary/aromatic N) is 1. The number of unbranched alkanes of at least 4 members (excludes halogenated alkanes) is 1. The van der Waals surface area contributed by atoms with E-state index in [0.29, 0.717) is 5.56 Å². The second-order valence-corrected chi connectivity index (χ2v) is 4.51. The van der Waals surface area contributed by atoms with Crippen molar-refractivity contribution in [1.29, 1.82) is 0 Å². The van der Waals surface area contributed by atoms with Crippen LogP contribution in [0.4, 0.5) is 5.69 Å². The molecule has 3 nitrogen and oxygen atoms in total. The Bertz CT molecular complexity index is 464. The standard InChI is InChI=1S/C8H11N.C6H5NO.C4H10/c1-7-3-5-8(9-2)6-4-7;8-5-6-1-3-7-4-2-6;1-3-4-2/h3-6,9H,1-2H3;1-5H;3-4H2,1-2H3. The number of aldehydes is 1. The van der Waals surface area contributed by atoms with Gasteiger partial charge in [-0.1, -0.05) is 44.4 Å². The van der Waals surface area contributed by atoms with Crippen molar-refractivity contribution in [2.75, 3.05) is 12.4 Å². The molecule has 0 aliphatic rings. The van der Waals surface area contributed by atoms with E-state index in [1.165, 1.54) is 24.1 Å². The summed E-state index contributed by atoms with van der Waals surface area (Å²) >= 11 is 0. The van der Waals surface area contributed by atoms with Crippen molar-refractivity contribution >= 4 is 12.0 Å². The molecule has 2 rings (SSSR count). The molecule has 114 valence electrons. The van der Waals surface area contributed by atoms with Crippen LogP contribution >= 0.6 is 0 Å². The average molecular weight is 286 g/mol. The lowest BCUT2D eigenvalue weighted by atomic mass is 10.2. The van der Waals surface area contributed by atoms with Gasteiger partial charge in [0.05, 0.1) is 0 Å². The van der Waals surface area contributed by atoms with Crippen LogP contribution in [0.3, 0.4) is 0 Å². The normalized spacial score (nSPS) is 8.57. The van der Waals surface area contributed by atoms with E-state index in [-0.39, 0.29) is 0 Å². The van der Waals surface area contributed by atoms with Crippen LogP contribution in [-0.2, 0) is 0 Å². The van der Waals surface area contributed by atoms with Gasteiger partial charge < -0.3 is 5.32 Å². The summed E-state index contributed by atoms with van der Waals surface area (Å²) in [5, 5.41) is 3.05. The molecule has 1 aromatic carbocycles. The Labute approximate surface area is 128 Å². The number of anilines is 1. The van der Waals surface area contributed by atoms with Crippen molar-refractivity contribution in [3.05, 3.63) is 59.9 Å². The van der Waals surface area contributed by atoms with Gasteiger partial charge in [0.25, 0.3) is 0 Å². The van der Waals surface area contributed by atoms with E-state index in [2.05, 4.69) is 55.3 Å². The van der Waals surface area contributed by atoms with Gasteiger partial charge in [-0.2, -0.15) is 0 Å². The number of benzene rings is 1. The molecule has 3 heteroatoms. The first-order chi connectivity index (χ1) is 10.2. The van der Waals surface area contributed by atoms with Crippen molar-refractivity contribution in [3.8, 4) is 0 Å². The highest BCUT2D eigenvalue weighted by atomic mass is 16.1. The van der Waals surface area contributed by atoms with E-state index in [1.54, 1.807) is 24.5 Å². The second-order valence-electron chi connectivity index (χ2n) is 4.51. The zero-order valence-electron chi connectivity index (χ0n) is 13.5. The van der Waals surface area contributed by atoms with Gasteiger partial charge in [0.2, 0.25) is 0 Å². The van der Waals surface area contributed by atoms with Crippen molar-refractivity contribution in [2.24, 2.45) is 0 Å². The van der Waals surface area contributed by atoms with Crippen LogP contribution in [0.15, 0.2) is 48.8 Å². The SMILES string of the molecule is CCCC.CNc1ccc(C)cc1.O=Cc1ccncc1. The summed E-state index contributed by atoms with van der Waals surface area (Å²) in [5.74, 6) is 0. The number of rotatable bonds is 3. The minimum Gasteiger partial charge on any atom is -0.388 e. The number of pyridine rings is 1. The minimum atomic E-state index is 0.667. The first kappa shape index (κ1) is 18.8. The molecule has 0 saturated carbocycles. The lowest BCUT2D eigenvalue weighted by Gasteiger charge is -1.97. The molecule has 21 heavy (non-hydrogen) atoms. The lowest BCUT2D eigenvalue weighted by molar-refractivity contribution is 0.112. The molecule has 2 aromatic rings. The molecule has 1 heterocycles. The smallest absolute Gasteiger partial charge is 0.150 e. The molecule has 0 aliphatic carbocycles. The first-order valence-corrected chi connectivity index (χ1v) is 7.27. The van der Waals surface area contributed by atoms with Crippen LogP contribution in [0.2, 0.25) is 0 Å². The number of aromatic nitrogens is 1. The Hall–Kier alpha value is -2.16. The van der Waals surface area contributed by atoms with Crippen LogP contribution < -0.4 is 5.32 Å². The fraction of sp³-hybridized carbons (Fsp3) is 0.333. The maximum Gasteiger partial charge on any atom is 0.150 e. The number of carbonyl (C=O) groups excluding carboxylic acids is 1. The van der Waals surface area contributed by atoms with E-state index in [1.807, 2.05) is 7.05 Å². The summed E-state index contributed by atoms with van der Waals surface area (Å²) < 4.78 is 0. The zero-order valence-corrected chi connectivity index (χ0v) is 13.5. The molecule has 0 radical (unpaired) electrons. The minimum absolute atomic E-state index is 0.667. The van der Waals surface area contributed by atoms with Crippen LogP contribution in [0, 0.1) is 6.92 Å². The third-order valence-corrected chi connectivity index (χ3v) is 2.68. The monoisotopic (exact) mass is 286 g/mol. The van der Waals surface area contributed by atoms with Crippen molar-refractivity contribution in [3.63, 3.8) is 0 Å². The predicted molar refractivity (Wildman–Crippen MR) is 90.9 cm³/mol. The van der Waals surface area contributed by atoms with Crippen LogP contribution in [-0.4, -0.2) is 18.3 Å². The van der Waals surface area contributed by atoms with E-state index in [9.17, 15) is 4.79 Å². The molecule has 0 bridgehead atoms. The lowest BCUT2D eigenvalue weighted by Crippen LogP contribution is -1.85. The van der Waals surface area contributed by atoms with Gasteiger partial charge in [0.15, 0.2) is 0 Å². The number of hydrogen-bond acceptors (Lipinski definition) is 3. The Kier molecular flexibility index (Phi) is 11.5. The first-order valence-electron chi connectivity index (χ1n) is 7.27. The van der Waals surface area contributed by atoms with Gasteiger partial charge in [0.1, 0.15) is 6.29 Å². The molecule has 0 aliphatic heterocycles. The summed E-state index contributed by atoms with van der Waals surface area (Å²) in [5.41, 5.74) is 3.13. The molecule has 0 atom stereocenters. The quantitative estimate of drug-likeness (QED) is 0.829. The Morgan fingerprint density at radius 3 is 1.86 bits per heavy atom. The van der Waals surface area contributed by atoms with Crippen molar-refractivity contribution in [2.45, 2.75) is 33.6 Å². The van der Waals surface area contributed by atoms with Gasteiger partial charge in [0, 0.05) is 30.7 Å². The summed E-state index contributed by atoms with van der Waals surface area (Å²) in [4.78, 5) is 13.7. The molecular weight excluding hydrogens is 260 g/mol. The molecule has 0 fully saturated rings. The number of nitrogens with one attached hydrogen (secondary N) is 1. The summed E-state index contributed by atoms with van der Waals surface area (Å²) in [7, 11) is 1.92. The topological polar surface area (TPSA) is 42.0 Å². The largest absolute Gasteiger partial charge is 0.388 e. The molecule has 0 unspecified atom stereocenters. The second kappa shape index (κ2) is 12.9. The maximum atomic E-state index is 9.98. The van der Waals surface area contributed by atoms with Crippen LogP contribution in [0.5, 0.6) is 0 Å². The summed E-state index contributed by atoms with van der Waals surface area (Å²) in [6.45, 7) is 6.44. The number of carbonyl (C=O) groups is 1. The van der Waals surface area contributed by atoms with E-state index < -0.39 is 0 Å². The van der Waals surface area contributed by atoms with Gasteiger partial charge in [-0.05, 0) is 31.2 Å². The Balaban J connectivity index is 0.000000308. The maximum absolute atomic E-state index is 9.98. The molecule has 0 amide bonds. The Morgan fingerprint density at radius 2 is 1.52 bits per heavy atom. The predicted octanol–water partition coefficient (Wildman–Crippen LogP) is 4.74. The fourth-order valence-corrected chi connectivity index (χ4v) is 1.16.